The zero-order chi connectivity index (χ0) is 21.7. The summed E-state index contributed by atoms with van der Waals surface area (Å²) in [6.45, 7) is 4.62. The van der Waals surface area contributed by atoms with Gasteiger partial charge in [-0.1, -0.05) is 18.2 Å². The Kier molecular flexibility index (Phi) is 4.46. The molecular weight excluding hydrogens is 393 g/mol. The molecule has 1 unspecified atom stereocenters. The number of rotatable bonds is 3. The molecule has 1 atom stereocenters. The van der Waals surface area contributed by atoms with Gasteiger partial charge in [-0.05, 0) is 60.9 Å². The molecule has 2 aliphatic rings. The van der Waals surface area contributed by atoms with Gasteiger partial charge in [0.05, 0.1) is 18.1 Å². The van der Waals surface area contributed by atoms with Crippen molar-refractivity contribution in [3.8, 4) is 5.69 Å². The summed E-state index contributed by atoms with van der Waals surface area (Å²) in [4.78, 5) is 25.7. The molecule has 1 saturated heterocycles. The van der Waals surface area contributed by atoms with Crippen LogP contribution in [0.3, 0.4) is 0 Å². The minimum atomic E-state index is -0.290. The number of fused-ring (bicyclic) bond motifs is 1. The largest absolute Gasteiger partial charge is 0.343 e. The topological polar surface area (TPSA) is 53.7 Å². The highest BCUT2D eigenvalue weighted by molar-refractivity contribution is 6.14. The highest BCUT2D eigenvalue weighted by atomic mass is 19.1. The van der Waals surface area contributed by atoms with E-state index in [1.807, 2.05) is 60.8 Å². The van der Waals surface area contributed by atoms with Crippen molar-refractivity contribution in [2.75, 3.05) is 13.6 Å². The number of hydrogen-bond acceptors (Lipinski definition) is 4. The lowest BCUT2D eigenvalue weighted by Crippen LogP contribution is -2.32. The Morgan fingerprint density at radius 3 is 2.58 bits per heavy atom. The normalized spacial score (nSPS) is 19.4. The number of hydrogen-bond donors (Lipinski definition) is 0. The SMILES string of the molecule is Cc1cn(-c2ccc(/C=C3\N=C4N(C)CC(c5ccc(F)cc5)N4C3=O)cc2C)cn1. The second-order valence-corrected chi connectivity index (χ2v) is 8.03. The number of carbonyl (C=O) groups is 1. The molecule has 0 saturated carbocycles. The minimum absolute atomic E-state index is 0.138. The van der Waals surface area contributed by atoms with Crippen LogP contribution in [0, 0.1) is 19.7 Å². The van der Waals surface area contributed by atoms with Crippen LogP contribution in [0.15, 0.2) is 65.7 Å². The van der Waals surface area contributed by atoms with Crippen LogP contribution in [0.4, 0.5) is 4.39 Å². The molecule has 1 amide bonds. The number of benzene rings is 2. The summed E-state index contributed by atoms with van der Waals surface area (Å²) in [5.74, 6) is 0.204. The van der Waals surface area contributed by atoms with E-state index < -0.39 is 0 Å². The van der Waals surface area contributed by atoms with Crippen molar-refractivity contribution in [3.63, 3.8) is 0 Å². The number of nitrogens with zero attached hydrogens (tertiary/aromatic N) is 5. The van der Waals surface area contributed by atoms with E-state index >= 15 is 0 Å². The van der Waals surface area contributed by atoms with Gasteiger partial charge in [-0.2, -0.15) is 0 Å². The predicted octanol–water partition coefficient (Wildman–Crippen LogP) is 3.85. The molecule has 1 fully saturated rings. The summed E-state index contributed by atoms with van der Waals surface area (Å²) >= 11 is 0. The summed E-state index contributed by atoms with van der Waals surface area (Å²) in [5.41, 5.74) is 5.28. The zero-order valence-electron chi connectivity index (χ0n) is 17.6. The first-order valence-corrected chi connectivity index (χ1v) is 10.1. The van der Waals surface area contributed by atoms with Gasteiger partial charge in [-0.15, -0.1) is 0 Å². The van der Waals surface area contributed by atoms with Gasteiger partial charge in [-0.25, -0.2) is 14.4 Å². The summed E-state index contributed by atoms with van der Waals surface area (Å²) in [7, 11) is 1.91. The van der Waals surface area contributed by atoms with Gasteiger partial charge in [0.15, 0.2) is 0 Å². The van der Waals surface area contributed by atoms with E-state index in [1.165, 1.54) is 12.1 Å². The van der Waals surface area contributed by atoms with Gasteiger partial charge >= 0.3 is 0 Å². The lowest BCUT2D eigenvalue weighted by atomic mass is 10.1. The summed E-state index contributed by atoms with van der Waals surface area (Å²) in [6.07, 6.45) is 5.59. The molecule has 156 valence electrons. The van der Waals surface area contributed by atoms with E-state index in [1.54, 1.807) is 23.4 Å². The maximum Gasteiger partial charge on any atom is 0.279 e. The third kappa shape index (κ3) is 3.32. The van der Waals surface area contributed by atoms with Gasteiger partial charge < -0.3 is 9.47 Å². The van der Waals surface area contributed by atoms with E-state index in [2.05, 4.69) is 9.98 Å². The van der Waals surface area contributed by atoms with Crippen molar-refractivity contribution in [1.29, 1.82) is 0 Å². The van der Waals surface area contributed by atoms with Gasteiger partial charge in [0.1, 0.15) is 11.5 Å². The highest BCUT2D eigenvalue weighted by Crippen LogP contribution is 2.35. The number of amides is 1. The number of aromatic nitrogens is 2. The summed E-state index contributed by atoms with van der Waals surface area (Å²) in [6, 6.07) is 12.2. The van der Waals surface area contributed by atoms with Crippen molar-refractivity contribution in [3.05, 3.63) is 88.9 Å². The molecule has 5 rings (SSSR count). The molecule has 3 aromatic rings. The maximum absolute atomic E-state index is 13.3. The average Bonchev–Trinajstić information content (AvgIpc) is 3.40. The molecule has 31 heavy (non-hydrogen) atoms. The number of aryl methyl sites for hydroxylation is 2. The van der Waals surface area contributed by atoms with Crippen LogP contribution in [0.5, 0.6) is 0 Å². The Morgan fingerprint density at radius 1 is 1.13 bits per heavy atom. The first-order valence-electron chi connectivity index (χ1n) is 10.1. The number of carbonyl (C=O) groups excluding carboxylic acids is 1. The molecule has 0 N–H and O–H groups in total. The first kappa shape index (κ1) is 19.2. The van der Waals surface area contributed by atoms with Crippen molar-refractivity contribution < 1.29 is 9.18 Å². The second-order valence-electron chi connectivity index (χ2n) is 8.03. The number of guanidine groups is 1. The number of halogens is 1. The molecule has 6 nitrogen and oxygen atoms in total. The standard InChI is InChI=1S/C24H22FN5O/c1-15-10-17(4-9-21(15)29-12-16(2)26-14-29)11-20-23(31)30-22(13-28(3)24(30)27-20)18-5-7-19(25)8-6-18/h4-12,14,22H,13H2,1-3H3/b20-11-. The average molecular weight is 415 g/mol. The van der Waals surface area contributed by atoms with E-state index in [0.717, 1.165) is 28.1 Å². The fraction of sp³-hybridized carbons (Fsp3) is 0.208. The maximum atomic E-state index is 13.3. The van der Waals surface area contributed by atoms with Crippen LogP contribution in [-0.4, -0.2) is 44.8 Å². The van der Waals surface area contributed by atoms with Crippen molar-refractivity contribution in [2.45, 2.75) is 19.9 Å². The smallest absolute Gasteiger partial charge is 0.279 e. The van der Waals surface area contributed by atoms with E-state index in [4.69, 9.17) is 0 Å². The quantitative estimate of drug-likeness (QED) is 0.611. The molecule has 0 bridgehead atoms. The third-order valence-electron chi connectivity index (χ3n) is 5.74. The highest BCUT2D eigenvalue weighted by Gasteiger charge is 2.44. The number of likely N-dealkylation sites (N-methyl/N-ethyl adjacent to an activating group) is 1. The van der Waals surface area contributed by atoms with Gasteiger partial charge in [-0.3, -0.25) is 9.69 Å². The Morgan fingerprint density at radius 2 is 1.90 bits per heavy atom. The molecule has 0 spiro atoms. The molecule has 2 aliphatic heterocycles. The molecule has 2 aromatic carbocycles. The monoisotopic (exact) mass is 415 g/mol. The van der Waals surface area contributed by atoms with Crippen LogP contribution < -0.4 is 0 Å². The van der Waals surface area contributed by atoms with Gasteiger partial charge in [0.2, 0.25) is 5.96 Å². The molecular formula is C24H22FN5O. The number of imidazole rings is 1. The Bertz CT molecular complexity index is 1240. The van der Waals surface area contributed by atoms with E-state index in [9.17, 15) is 9.18 Å². The van der Waals surface area contributed by atoms with Crippen LogP contribution in [0.25, 0.3) is 11.8 Å². The lowest BCUT2D eigenvalue weighted by molar-refractivity contribution is -0.123. The molecule has 0 aliphatic carbocycles. The van der Waals surface area contributed by atoms with E-state index in [0.29, 0.717) is 18.2 Å². The van der Waals surface area contributed by atoms with Crippen molar-refractivity contribution >= 4 is 17.9 Å². The molecule has 1 aromatic heterocycles. The first-order chi connectivity index (χ1) is 14.9. The van der Waals surface area contributed by atoms with Crippen molar-refractivity contribution in [2.24, 2.45) is 4.99 Å². The van der Waals surface area contributed by atoms with Crippen LogP contribution in [-0.2, 0) is 4.79 Å². The predicted molar refractivity (Wildman–Crippen MR) is 117 cm³/mol. The molecule has 3 heterocycles. The van der Waals surface area contributed by atoms with Crippen molar-refractivity contribution in [1.82, 2.24) is 19.4 Å². The van der Waals surface area contributed by atoms with Crippen LogP contribution in [0.2, 0.25) is 0 Å². The third-order valence-corrected chi connectivity index (χ3v) is 5.74. The molecule has 0 radical (unpaired) electrons. The summed E-state index contributed by atoms with van der Waals surface area (Å²) < 4.78 is 15.3. The Labute approximate surface area is 180 Å². The van der Waals surface area contributed by atoms with Crippen LogP contribution in [0.1, 0.15) is 28.4 Å². The molecule has 7 heteroatoms. The van der Waals surface area contributed by atoms with E-state index in [-0.39, 0.29) is 17.8 Å². The van der Waals surface area contributed by atoms with Gasteiger partial charge in [0.25, 0.3) is 5.91 Å². The minimum Gasteiger partial charge on any atom is -0.343 e. The second kappa shape index (κ2) is 7.19. The fourth-order valence-electron chi connectivity index (χ4n) is 4.20. The fourth-order valence-corrected chi connectivity index (χ4v) is 4.20. The summed E-state index contributed by atoms with van der Waals surface area (Å²) in [5, 5.41) is 0. The zero-order valence-corrected chi connectivity index (χ0v) is 17.6. The van der Waals surface area contributed by atoms with Crippen LogP contribution >= 0.6 is 0 Å². The Balaban J connectivity index is 1.45. The van der Waals surface area contributed by atoms with Gasteiger partial charge in [0, 0.05) is 25.5 Å². The Hall–Kier alpha value is -3.74. The number of aliphatic imine (C=N–C) groups is 1. The lowest BCUT2D eigenvalue weighted by Gasteiger charge is -2.19.